The first-order chi connectivity index (χ1) is 8.64. The molecule has 0 aliphatic heterocycles. The topological polar surface area (TPSA) is 83.6 Å². The van der Waals surface area contributed by atoms with Crippen LogP contribution >= 0.6 is 11.6 Å². The van der Waals surface area contributed by atoms with Gasteiger partial charge in [0.15, 0.2) is 5.38 Å². The molecule has 0 spiro atoms. The van der Waals surface area contributed by atoms with Gasteiger partial charge in [-0.1, -0.05) is 12.1 Å². The van der Waals surface area contributed by atoms with E-state index in [9.17, 15) is 9.59 Å². The number of carbonyl (C=O) groups is 2. The predicted octanol–water partition coefficient (Wildman–Crippen LogP) is 2.16. The molecular formula is C13H17ClN2O3Pt. The zero-order chi connectivity index (χ0) is 14.8. The molecule has 20 heavy (non-hydrogen) atoms. The third kappa shape index (κ3) is 4.58. The third-order valence-electron chi connectivity index (χ3n) is 2.61. The van der Waals surface area contributed by atoms with Crippen molar-refractivity contribution in [1.82, 2.24) is 5.01 Å². The van der Waals surface area contributed by atoms with Crippen LogP contribution in [-0.4, -0.2) is 27.5 Å². The molecule has 0 aliphatic rings. The van der Waals surface area contributed by atoms with Crippen molar-refractivity contribution in [3.63, 3.8) is 0 Å². The van der Waals surface area contributed by atoms with Crippen LogP contribution in [0, 0.1) is 0 Å². The van der Waals surface area contributed by atoms with Crippen LogP contribution in [-0.2, 0) is 25.9 Å². The standard InChI is InChI=1S/C13H17ClN2O3.Pt/c1-13(2,3)16(15)11(17)9-6-4-8(5-7-9)10(14)12(18)19;/h4-7,10H,15H2,1-3H3,(H,18,19);. The number of hydrogen-bond acceptors (Lipinski definition) is 3. The van der Waals surface area contributed by atoms with E-state index in [0.29, 0.717) is 11.1 Å². The number of hydrogen-bond donors (Lipinski definition) is 2. The van der Waals surface area contributed by atoms with Gasteiger partial charge in [-0.05, 0) is 38.5 Å². The maximum absolute atomic E-state index is 12.1. The number of rotatable bonds is 3. The zero-order valence-electron chi connectivity index (χ0n) is 11.4. The number of alkyl halides is 1. The number of benzene rings is 1. The van der Waals surface area contributed by atoms with Gasteiger partial charge >= 0.3 is 5.97 Å². The van der Waals surface area contributed by atoms with Crippen LogP contribution in [0.15, 0.2) is 24.3 Å². The van der Waals surface area contributed by atoms with Crippen LogP contribution in [0.2, 0.25) is 0 Å². The molecule has 7 heteroatoms. The van der Waals surface area contributed by atoms with E-state index in [0.717, 1.165) is 5.01 Å². The van der Waals surface area contributed by atoms with E-state index in [4.69, 9.17) is 22.6 Å². The van der Waals surface area contributed by atoms with Crippen LogP contribution in [0.1, 0.15) is 42.1 Å². The van der Waals surface area contributed by atoms with Crippen molar-refractivity contribution in [2.45, 2.75) is 31.7 Å². The number of nitrogens with zero attached hydrogens (tertiary/aromatic N) is 1. The Bertz CT molecular complexity index is 485. The van der Waals surface area contributed by atoms with Crippen LogP contribution in [0.25, 0.3) is 0 Å². The molecule has 0 fully saturated rings. The molecule has 5 nitrogen and oxygen atoms in total. The second kappa shape index (κ2) is 7.21. The molecule has 1 atom stereocenters. The number of carboxylic acid groups (broad SMARTS) is 1. The molecule has 3 N–H and O–H groups in total. The number of nitrogens with two attached hydrogens (primary N) is 1. The second-order valence-electron chi connectivity index (χ2n) is 5.17. The smallest absolute Gasteiger partial charge is 0.326 e. The minimum Gasteiger partial charge on any atom is -0.480 e. The maximum atomic E-state index is 12.1. The molecule has 0 aromatic heterocycles. The van der Waals surface area contributed by atoms with E-state index in [1.54, 1.807) is 0 Å². The van der Waals surface area contributed by atoms with Crippen LogP contribution in [0.3, 0.4) is 0 Å². The number of carboxylic acids is 1. The summed E-state index contributed by atoms with van der Waals surface area (Å²) in [5, 5.41) is 8.79. The molecule has 114 valence electrons. The molecule has 1 unspecified atom stereocenters. The number of amides is 1. The van der Waals surface area contributed by atoms with Gasteiger partial charge in [0, 0.05) is 26.6 Å². The number of hydrazine groups is 1. The first-order valence-corrected chi connectivity index (χ1v) is 6.14. The van der Waals surface area contributed by atoms with Crippen molar-refractivity contribution < 1.29 is 35.8 Å². The van der Waals surface area contributed by atoms with Gasteiger partial charge in [-0.3, -0.25) is 14.6 Å². The molecule has 0 bridgehead atoms. The Morgan fingerprint density at radius 1 is 1.25 bits per heavy atom. The largest absolute Gasteiger partial charge is 0.480 e. The minimum absolute atomic E-state index is 0. The molecule has 1 amide bonds. The zero-order valence-corrected chi connectivity index (χ0v) is 14.4. The summed E-state index contributed by atoms with van der Waals surface area (Å²) >= 11 is 5.69. The summed E-state index contributed by atoms with van der Waals surface area (Å²) in [7, 11) is 0. The Hall–Kier alpha value is -0.902. The molecule has 1 rings (SSSR count). The Balaban J connectivity index is 0.00000361. The van der Waals surface area contributed by atoms with E-state index in [2.05, 4.69) is 0 Å². The number of halogens is 1. The maximum Gasteiger partial charge on any atom is 0.326 e. The van der Waals surface area contributed by atoms with Crippen LogP contribution < -0.4 is 5.84 Å². The normalized spacial score (nSPS) is 12.2. The van der Waals surface area contributed by atoms with Crippen LogP contribution in [0.4, 0.5) is 0 Å². The monoisotopic (exact) mass is 479 g/mol. The molecule has 0 heterocycles. The fraction of sp³-hybridized carbons (Fsp3) is 0.385. The quantitative estimate of drug-likeness (QED) is 0.301. The summed E-state index contributed by atoms with van der Waals surface area (Å²) in [6.45, 7) is 5.45. The van der Waals surface area contributed by atoms with Gasteiger partial charge < -0.3 is 5.11 Å². The first-order valence-electron chi connectivity index (χ1n) is 5.70. The van der Waals surface area contributed by atoms with Gasteiger partial charge in [-0.15, -0.1) is 11.6 Å². The fourth-order valence-electron chi connectivity index (χ4n) is 1.38. The first kappa shape index (κ1) is 19.1. The van der Waals surface area contributed by atoms with E-state index in [-0.39, 0.29) is 27.0 Å². The van der Waals surface area contributed by atoms with Gasteiger partial charge in [-0.25, -0.2) is 5.84 Å². The number of aliphatic carboxylic acids is 1. The van der Waals surface area contributed by atoms with Crippen LogP contribution in [0.5, 0.6) is 0 Å². The van der Waals surface area contributed by atoms with E-state index < -0.39 is 16.9 Å². The average molecular weight is 480 g/mol. The summed E-state index contributed by atoms with van der Waals surface area (Å²) in [5.41, 5.74) is 0.312. The van der Waals surface area contributed by atoms with Crippen molar-refractivity contribution in [2.24, 2.45) is 5.84 Å². The summed E-state index contributed by atoms with van der Waals surface area (Å²) in [6, 6.07) is 6.05. The molecular weight excluding hydrogens is 463 g/mol. The Morgan fingerprint density at radius 3 is 2.05 bits per heavy atom. The molecule has 1 aromatic carbocycles. The SMILES string of the molecule is CC(C)(C)N(N)C(=O)c1ccc(C(Cl)C(=O)O)cc1.[Pt]. The summed E-state index contributed by atoms with van der Waals surface area (Å²) in [5.74, 6) is 4.27. The van der Waals surface area contributed by atoms with Gasteiger partial charge in [0.25, 0.3) is 5.91 Å². The van der Waals surface area contributed by atoms with E-state index in [1.165, 1.54) is 24.3 Å². The van der Waals surface area contributed by atoms with Crippen molar-refractivity contribution in [3.05, 3.63) is 35.4 Å². The van der Waals surface area contributed by atoms with Crippen molar-refractivity contribution in [3.8, 4) is 0 Å². The average Bonchev–Trinajstić information content (AvgIpc) is 2.35. The van der Waals surface area contributed by atoms with E-state index in [1.807, 2.05) is 20.8 Å². The van der Waals surface area contributed by atoms with Gasteiger partial charge in [-0.2, -0.15) is 0 Å². The second-order valence-corrected chi connectivity index (χ2v) is 5.61. The van der Waals surface area contributed by atoms with E-state index >= 15 is 0 Å². The molecule has 0 aliphatic carbocycles. The van der Waals surface area contributed by atoms with Crippen molar-refractivity contribution in [1.29, 1.82) is 0 Å². The summed E-state index contributed by atoms with van der Waals surface area (Å²) in [4.78, 5) is 22.8. The third-order valence-corrected chi connectivity index (χ3v) is 3.05. The molecule has 0 saturated carbocycles. The minimum atomic E-state index is -1.13. The summed E-state index contributed by atoms with van der Waals surface area (Å²) in [6.07, 6.45) is 0. The molecule has 0 radical (unpaired) electrons. The van der Waals surface area contributed by atoms with Crippen molar-refractivity contribution in [2.75, 3.05) is 0 Å². The van der Waals surface area contributed by atoms with Gasteiger partial charge in [0.1, 0.15) is 0 Å². The fourth-order valence-corrected chi connectivity index (χ4v) is 1.53. The Kier molecular flexibility index (Phi) is 6.88. The summed E-state index contributed by atoms with van der Waals surface area (Å²) < 4.78 is 0. The number of carbonyl (C=O) groups excluding carboxylic acids is 1. The van der Waals surface area contributed by atoms with Crippen molar-refractivity contribution >= 4 is 23.5 Å². The van der Waals surface area contributed by atoms with Gasteiger partial charge in [0.05, 0.1) is 5.54 Å². The van der Waals surface area contributed by atoms with Gasteiger partial charge in [0.2, 0.25) is 0 Å². The Morgan fingerprint density at radius 2 is 1.70 bits per heavy atom. The molecule has 0 saturated heterocycles. The Labute approximate surface area is 137 Å². The predicted molar refractivity (Wildman–Crippen MR) is 72.8 cm³/mol. The molecule has 1 aromatic rings.